The van der Waals surface area contributed by atoms with Crippen LogP contribution in [0, 0.1) is 0 Å². The molecule has 0 spiro atoms. The Kier molecular flexibility index (Phi) is 5.67. The average molecular weight is 389 g/mol. The molecule has 0 aliphatic heterocycles. The summed E-state index contributed by atoms with van der Waals surface area (Å²) in [5, 5.41) is 13.2. The third-order valence-electron chi connectivity index (χ3n) is 5.66. The van der Waals surface area contributed by atoms with Crippen LogP contribution in [0.15, 0.2) is 66.9 Å². The lowest BCUT2D eigenvalue weighted by atomic mass is 9.92. The van der Waals surface area contributed by atoms with Gasteiger partial charge in [0.1, 0.15) is 0 Å². The van der Waals surface area contributed by atoms with Gasteiger partial charge >= 0.3 is 0 Å². The Morgan fingerprint density at radius 1 is 1.03 bits per heavy atom. The number of aliphatic hydroxyl groups is 1. The first kappa shape index (κ1) is 19.3. The second-order valence-electron chi connectivity index (χ2n) is 7.78. The third-order valence-corrected chi connectivity index (χ3v) is 5.66. The highest BCUT2D eigenvalue weighted by Gasteiger charge is 2.21. The van der Waals surface area contributed by atoms with E-state index >= 15 is 0 Å². The molecular weight excluding hydrogens is 362 g/mol. The molecule has 1 fully saturated rings. The van der Waals surface area contributed by atoms with Crippen LogP contribution in [0.1, 0.15) is 47.3 Å². The predicted octanol–water partition coefficient (Wildman–Crippen LogP) is 3.88. The molecule has 4 rings (SSSR count). The highest BCUT2D eigenvalue weighted by atomic mass is 16.3. The third kappa shape index (κ3) is 4.51. The van der Waals surface area contributed by atoms with Gasteiger partial charge in [-0.05, 0) is 61.6 Å². The number of carbonyl (C=O) groups is 1. The second kappa shape index (κ2) is 8.53. The first-order valence-electron chi connectivity index (χ1n) is 10.2. The maximum atomic E-state index is 12.0. The Hall–Kier alpha value is -3.05. The molecule has 0 radical (unpaired) electrons. The Labute approximate surface area is 171 Å². The molecule has 1 aliphatic carbocycles. The monoisotopic (exact) mass is 389 g/mol. The number of nitrogens with one attached hydrogen (secondary N) is 1. The molecule has 0 saturated heterocycles. The second-order valence-corrected chi connectivity index (χ2v) is 7.78. The maximum absolute atomic E-state index is 12.0. The minimum atomic E-state index is -0.438. The molecule has 150 valence electrons. The number of primary amides is 1. The standard InChI is InChI=1S/C24H27N3O2/c25-24(29)22-13-10-20(16-23(22)26-18-8-11-21(28)12-9-18)27-14-4-7-19(27)15-17-5-2-1-3-6-17/h1-7,10,13-14,16,18,21,26,28H,8-9,11-12,15H2,(H2,25,29). The van der Waals surface area contributed by atoms with E-state index in [2.05, 4.69) is 28.1 Å². The number of carbonyl (C=O) groups excluding carboxylic acids is 1. The summed E-state index contributed by atoms with van der Waals surface area (Å²) in [6.07, 6.45) is 5.98. The highest BCUT2D eigenvalue weighted by molar-refractivity contribution is 5.99. The molecule has 5 heteroatoms. The van der Waals surface area contributed by atoms with Crippen LogP contribution in [0.25, 0.3) is 5.69 Å². The lowest BCUT2D eigenvalue weighted by molar-refractivity contribution is 0.100. The number of nitrogens with two attached hydrogens (primary N) is 1. The molecule has 0 unspecified atom stereocenters. The van der Waals surface area contributed by atoms with Crippen LogP contribution >= 0.6 is 0 Å². The topological polar surface area (TPSA) is 80.3 Å². The summed E-state index contributed by atoms with van der Waals surface area (Å²) in [5.41, 5.74) is 10.3. The van der Waals surface area contributed by atoms with Crippen molar-refractivity contribution in [1.82, 2.24) is 4.57 Å². The number of anilines is 1. The fourth-order valence-corrected chi connectivity index (χ4v) is 4.07. The van der Waals surface area contributed by atoms with Crippen LogP contribution in [0.4, 0.5) is 5.69 Å². The van der Waals surface area contributed by atoms with Crippen LogP contribution in [0.2, 0.25) is 0 Å². The normalized spacial score (nSPS) is 19.1. The quantitative estimate of drug-likeness (QED) is 0.598. The van der Waals surface area contributed by atoms with Gasteiger partial charge in [-0.25, -0.2) is 0 Å². The predicted molar refractivity (Wildman–Crippen MR) is 115 cm³/mol. The van der Waals surface area contributed by atoms with Crippen molar-refractivity contribution in [1.29, 1.82) is 0 Å². The first-order valence-corrected chi connectivity index (χ1v) is 10.2. The van der Waals surface area contributed by atoms with E-state index in [9.17, 15) is 9.90 Å². The van der Waals surface area contributed by atoms with Gasteiger partial charge in [-0.15, -0.1) is 0 Å². The molecule has 1 saturated carbocycles. The molecule has 5 nitrogen and oxygen atoms in total. The van der Waals surface area contributed by atoms with E-state index in [1.807, 2.05) is 42.6 Å². The van der Waals surface area contributed by atoms with Crippen molar-refractivity contribution in [2.75, 3.05) is 5.32 Å². The minimum Gasteiger partial charge on any atom is -0.393 e. The molecule has 0 atom stereocenters. The summed E-state index contributed by atoms with van der Waals surface area (Å²) in [5.74, 6) is -0.438. The van der Waals surface area contributed by atoms with Crippen molar-refractivity contribution in [2.45, 2.75) is 44.2 Å². The molecule has 1 aromatic heterocycles. The number of aromatic nitrogens is 1. The van der Waals surface area contributed by atoms with Gasteiger partial charge in [-0.1, -0.05) is 30.3 Å². The molecule has 4 N–H and O–H groups in total. The van der Waals surface area contributed by atoms with Gasteiger partial charge in [-0.3, -0.25) is 4.79 Å². The Balaban J connectivity index is 1.62. The summed E-state index contributed by atoms with van der Waals surface area (Å²) in [6, 6.07) is 20.5. The molecule has 29 heavy (non-hydrogen) atoms. The van der Waals surface area contributed by atoms with E-state index in [0.717, 1.165) is 43.5 Å². The zero-order valence-electron chi connectivity index (χ0n) is 16.4. The minimum absolute atomic E-state index is 0.213. The molecule has 1 aliphatic rings. The van der Waals surface area contributed by atoms with Crippen molar-refractivity contribution in [2.24, 2.45) is 5.73 Å². The van der Waals surface area contributed by atoms with Gasteiger partial charge in [0, 0.05) is 35.7 Å². The number of nitrogens with zero attached hydrogens (tertiary/aromatic N) is 1. The molecule has 3 aromatic rings. The molecule has 1 amide bonds. The Bertz CT molecular complexity index is 973. The SMILES string of the molecule is NC(=O)c1ccc(-n2cccc2Cc2ccccc2)cc1NC1CCC(O)CC1. The van der Waals surface area contributed by atoms with Gasteiger partial charge < -0.3 is 20.7 Å². The summed E-state index contributed by atoms with van der Waals surface area (Å²) in [7, 11) is 0. The number of hydrogen-bond donors (Lipinski definition) is 3. The van der Waals surface area contributed by atoms with Crippen molar-refractivity contribution in [3.05, 3.63) is 83.7 Å². The number of benzene rings is 2. The first-order chi connectivity index (χ1) is 14.1. The van der Waals surface area contributed by atoms with Gasteiger partial charge in [-0.2, -0.15) is 0 Å². The Morgan fingerprint density at radius 2 is 1.79 bits per heavy atom. The van der Waals surface area contributed by atoms with E-state index in [0.29, 0.717) is 5.56 Å². The van der Waals surface area contributed by atoms with Gasteiger partial charge in [0.25, 0.3) is 5.91 Å². The van der Waals surface area contributed by atoms with E-state index in [-0.39, 0.29) is 12.1 Å². The molecular formula is C24H27N3O2. The van der Waals surface area contributed by atoms with Crippen molar-refractivity contribution < 1.29 is 9.90 Å². The average Bonchev–Trinajstić information content (AvgIpc) is 3.18. The lowest BCUT2D eigenvalue weighted by Gasteiger charge is -2.28. The smallest absolute Gasteiger partial charge is 0.250 e. The largest absolute Gasteiger partial charge is 0.393 e. The van der Waals surface area contributed by atoms with E-state index in [1.54, 1.807) is 6.07 Å². The van der Waals surface area contributed by atoms with Crippen LogP contribution in [-0.2, 0) is 6.42 Å². The summed E-state index contributed by atoms with van der Waals surface area (Å²) < 4.78 is 2.15. The van der Waals surface area contributed by atoms with Crippen LogP contribution in [-0.4, -0.2) is 27.7 Å². The summed E-state index contributed by atoms with van der Waals surface area (Å²) in [6.45, 7) is 0. The number of amides is 1. The molecule has 1 heterocycles. The number of hydrogen-bond acceptors (Lipinski definition) is 3. The van der Waals surface area contributed by atoms with Crippen molar-refractivity contribution in [3.8, 4) is 5.69 Å². The summed E-state index contributed by atoms with van der Waals surface area (Å²) in [4.78, 5) is 12.0. The van der Waals surface area contributed by atoms with Gasteiger partial charge in [0.15, 0.2) is 0 Å². The fraction of sp³-hybridized carbons (Fsp3) is 0.292. The van der Waals surface area contributed by atoms with E-state index in [4.69, 9.17) is 5.73 Å². The van der Waals surface area contributed by atoms with Crippen LogP contribution in [0.5, 0.6) is 0 Å². The number of aliphatic hydroxyl groups excluding tert-OH is 1. The number of rotatable bonds is 6. The van der Waals surface area contributed by atoms with Crippen LogP contribution < -0.4 is 11.1 Å². The maximum Gasteiger partial charge on any atom is 0.250 e. The molecule has 2 aromatic carbocycles. The van der Waals surface area contributed by atoms with E-state index < -0.39 is 5.91 Å². The lowest BCUT2D eigenvalue weighted by Crippen LogP contribution is -2.29. The zero-order valence-corrected chi connectivity index (χ0v) is 16.4. The fourth-order valence-electron chi connectivity index (χ4n) is 4.07. The van der Waals surface area contributed by atoms with Crippen LogP contribution in [0.3, 0.4) is 0 Å². The zero-order chi connectivity index (χ0) is 20.2. The summed E-state index contributed by atoms with van der Waals surface area (Å²) >= 11 is 0. The Morgan fingerprint density at radius 3 is 2.52 bits per heavy atom. The van der Waals surface area contributed by atoms with E-state index in [1.165, 1.54) is 11.3 Å². The molecule has 0 bridgehead atoms. The highest BCUT2D eigenvalue weighted by Crippen LogP contribution is 2.27. The van der Waals surface area contributed by atoms with Gasteiger partial charge in [0.05, 0.1) is 11.7 Å². The van der Waals surface area contributed by atoms with Crippen molar-refractivity contribution in [3.63, 3.8) is 0 Å². The van der Waals surface area contributed by atoms with Gasteiger partial charge in [0.2, 0.25) is 0 Å². The van der Waals surface area contributed by atoms with Crippen molar-refractivity contribution >= 4 is 11.6 Å².